The first kappa shape index (κ1) is 37.1. The predicted molar refractivity (Wildman–Crippen MR) is 186 cm³/mol. The lowest BCUT2D eigenvalue weighted by atomic mass is 10.1. The van der Waals surface area contributed by atoms with Crippen molar-refractivity contribution in [1.82, 2.24) is 4.90 Å². The highest BCUT2D eigenvalue weighted by Gasteiger charge is 2.20. The van der Waals surface area contributed by atoms with E-state index in [1.54, 1.807) is 48.5 Å². The zero-order valence-corrected chi connectivity index (χ0v) is 28.2. The maximum Gasteiger partial charge on any atom is 0.343 e. The number of carbonyl (C=O) groups is 4. The van der Waals surface area contributed by atoms with Crippen LogP contribution in [0, 0.1) is 5.82 Å². The van der Waals surface area contributed by atoms with Gasteiger partial charge >= 0.3 is 11.9 Å². The van der Waals surface area contributed by atoms with E-state index in [9.17, 15) is 28.7 Å². The number of nitrogens with zero attached hydrogens (tertiary/aromatic N) is 1. The van der Waals surface area contributed by atoms with Crippen LogP contribution in [-0.2, 0) is 22.6 Å². The number of carboxylic acids is 1. The fraction of sp³-hybridized carbons (Fsp3) is 0.282. The minimum absolute atomic E-state index is 0.0148. The monoisotopic (exact) mass is 684 g/mol. The van der Waals surface area contributed by atoms with Crippen molar-refractivity contribution in [3.05, 3.63) is 119 Å². The fourth-order valence-corrected chi connectivity index (χ4v) is 5.08. The highest BCUT2D eigenvalue weighted by atomic mass is 19.1. The molecule has 4 aromatic rings. The summed E-state index contributed by atoms with van der Waals surface area (Å²) < 4.78 is 29.9. The van der Waals surface area contributed by atoms with Gasteiger partial charge in [-0.15, -0.1) is 0 Å². The largest absolute Gasteiger partial charge is 0.494 e. The third-order valence-electron chi connectivity index (χ3n) is 7.72. The number of hydrogen-bond acceptors (Lipinski definition) is 7. The third-order valence-corrected chi connectivity index (χ3v) is 7.72. The fourth-order valence-electron chi connectivity index (χ4n) is 5.08. The molecule has 0 atom stereocenters. The van der Waals surface area contributed by atoms with Crippen molar-refractivity contribution in [2.45, 2.75) is 52.0 Å². The Morgan fingerprint density at radius 3 is 2.08 bits per heavy atom. The van der Waals surface area contributed by atoms with Gasteiger partial charge in [-0.25, -0.2) is 9.18 Å². The number of rotatable bonds is 18. The predicted octanol–water partition coefficient (Wildman–Crippen LogP) is 7.31. The summed E-state index contributed by atoms with van der Waals surface area (Å²) in [6.45, 7) is 2.24. The summed E-state index contributed by atoms with van der Waals surface area (Å²) in [5.74, 6) is -2.12. The molecule has 0 saturated heterocycles. The molecule has 0 bridgehead atoms. The van der Waals surface area contributed by atoms with Gasteiger partial charge in [-0.05, 0) is 90.3 Å². The lowest BCUT2D eigenvalue weighted by Gasteiger charge is -2.21. The Hall–Kier alpha value is -5.71. The summed E-state index contributed by atoms with van der Waals surface area (Å²) >= 11 is 0. The molecular weight excluding hydrogens is 643 g/mol. The lowest BCUT2D eigenvalue weighted by molar-refractivity contribution is -0.137. The van der Waals surface area contributed by atoms with E-state index in [0.29, 0.717) is 40.5 Å². The van der Waals surface area contributed by atoms with Crippen molar-refractivity contribution in [1.29, 1.82) is 0 Å². The van der Waals surface area contributed by atoms with Crippen LogP contribution in [0.2, 0.25) is 0 Å². The molecule has 0 saturated carbocycles. The van der Waals surface area contributed by atoms with E-state index in [1.807, 2.05) is 0 Å². The van der Waals surface area contributed by atoms with Crippen molar-refractivity contribution in [2.24, 2.45) is 0 Å². The van der Waals surface area contributed by atoms with Crippen LogP contribution in [0.25, 0.3) is 0 Å². The molecule has 2 N–H and O–H groups in total. The van der Waals surface area contributed by atoms with Crippen LogP contribution < -0.4 is 19.5 Å². The second-order valence-electron chi connectivity index (χ2n) is 11.6. The van der Waals surface area contributed by atoms with Gasteiger partial charge in [0.05, 0.1) is 25.7 Å². The first-order chi connectivity index (χ1) is 24.1. The molecule has 0 fully saturated rings. The third kappa shape index (κ3) is 11.5. The Bertz CT molecular complexity index is 1740. The Morgan fingerprint density at radius 1 is 0.780 bits per heavy atom. The molecule has 0 aliphatic heterocycles. The number of hydrogen-bond donors (Lipinski definition) is 2. The number of carboxylic acid groups (broad SMARTS) is 1. The van der Waals surface area contributed by atoms with Crippen molar-refractivity contribution in [3.63, 3.8) is 0 Å². The summed E-state index contributed by atoms with van der Waals surface area (Å²) in [4.78, 5) is 51.3. The average Bonchev–Trinajstić information content (AvgIpc) is 3.11. The quantitative estimate of drug-likeness (QED) is 0.0634. The van der Waals surface area contributed by atoms with Gasteiger partial charge < -0.3 is 29.5 Å². The Labute approximate surface area is 290 Å². The minimum atomic E-state index is -1.19. The van der Waals surface area contributed by atoms with E-state index in [1.165, 1.54) is 73.7 Å². The van der Waals surface area contributed by atoms with E-state index in [2.05, 4.69) is 12.2 Å². The molecular formula is C39H41FN2O8. The van der Waals surface area contributed by atoms with Gasteiger partial charge in [0.15, 0.2) is 11.6 Å². The average molecular weight is 685 g/mol. The van der Waals surface area contributed by atoms with E-state index in [4.69, 9.17) is 14.2 Å². The Morgan fingerprint density at radius 2 is 1.42 bits per heavy atom. The SMILES string of the molecule is CCCCCCCOc1ccc(C(=O)Oc2ccc(CN(CC(=O)O)C(=O)c3ccc(NC(=O)Cc4ccc(F)c(OC)c4)cc3)cc2)cc1. The van der Waals surface area contributed by atoms with Crippen LogP contribution in [0.15, 0.2) is 91.0 Å². The number of amides is 2. The maximum absolute atomic E-state index is 13.7. The van der Waals surface area contributed by atoms with Crippen molar-refractivity contribution in [2.75, 3.05) is 25.6 Å². The van der Waals surface area contributed by atoms with Crippen molar-refractivity contribution >= 4 is 29.4 Å². The van der Waals surface area contributed by atoms with Crippen LogP contribution in [-0.4, -0.2) is 54.0 Å². The van der Waals surface area contributed by atoms with Crippen molar-refractivity contribution in [3.8, 4) is 17.2 Å². The van der Waals surface area contributed by atoms with Crippen LogP contribution in [0.5, 0.6) is 17.2 Å². The van der Waals surface area contributed by atoms with Gasteiger partial charge in [0.25, 0.3) is 5.91 Å². The molecule has 262 valence electrons. The van der Waals surface area contributed by atoms with Crippen molar-refractivity contribution < 1.29 is 42.9 Å². The number of unbranched alkanes of at least 4 members (excludes halogenated alkanes) is 4. The molecule has 0 heterocycles. The van der Waals surface area contributed by atoms with Gasteiger partial charge in [-0.3, -0.25) is 14.4 Å². The topological polar surface area (TPSA) is 131 Å². The molecule has 4 rings (SSSR count). The molecule has 0 spiro atoms. The molecule has 0 radical (unpaired) electrons. The number of methoxy groups -OCH3 is 1. The van der Waals surface area contributed by atoms with E-state index in [-0.39, 0.29) is 30.2 Å². The number of nitrogens with one attached hydrogen (secondary N) is 1. The van der Waals surface area contributed by atoms with E-state index in [0.717, 1.165) is 12.8 Å². The summed E-state index contributed by atoms with van der Waals surface area (Å²) in [5.41, 5.74) is 2.19. The second-order valence-corrected chi connectivity index (χ2v) is 11.6. The summed E-state index contributed by atoms with van der Waals surface area (Å²) in [6.07, 6.45) is 5.70. The smallest absolute Gasteiger partial charge is 0.343 e. The van der Waals surface area contributed by atoms with Gasteiger partial charge in [-0.2, -0.15) is 0 Å². The minimum Gasteiger partial charge on any atom is -0.494 e. The van der Waals surface area contributed by atoms with Gasteiger partial charge in [0, 0.05) is 17.8 Å². The summed E-state index contributed by atoms with van der Waals surface area (Å²) in [5, 5.41) is 12.2. The molecule has 0 aliphatic rings. The normalized spacial score (nSPS) is 10.6. The Kier molecular flexibility index (Phi) is 13.9. The lowest BCUT2D eigenvalue weighted by Crippen LogP contribution is -2.35. The van der Waals surface area contributed by atoms with Crippen LogP contribution in [0.3, 0.4) is 0 Å². The molecule has 11 heteroatoms. The number of aliphatic carboxylic acids is 1. The number of halogens is 1. The molecule has 0 aliphatic carbocycles. The first-order valence-corrected chi connectivity index (χ1v) is 16.4. The molecule has 2 amide bonds. The zero-order chi connectivity index (χ0) is 35.9. The molecule has 4 aromatic carbocycles. The van der Waals surface area contributed by atoms with Crippen LogP contribution >= 0.6 is 0 Å². The van der Waals surface area contributed by atoms with Gasteiger partial charge in [0.1, 0.15) is 18.0 Å². The van der Waals surface area contributed by atoms with E-state index < -0.39 is 30.2 Å². The van der Waals surface area contributed by atoms with Crippen LogP contribution in [0.4, 0.5) is 10.1 Å². The summed E-state index contributed by atoms with van der Waals surface area (Å²) in [6, 6.07) is 23.4. The van der Waals surface area contributed by atoms with Crippen LogP contribution in [0.1, 0.15) is 70.9 Å². The highest BCUT2D eigenvalue weighted by Crippen LogP contribution is 2.21. The molecule has 50 heavy (non-hydrogen) atoms. The number of ether oxygens (including phenoxy) is 3. The molecule has 0 unspecified atom stereocenters. The number of carbonyl (C=O) groups excluding carboxylic acids is 3. The molecule has 0 aromatic heterocycles. The first-order valence-electron chi connectivity index (χ1n) is 16.4. The number of anilines is 1. The molecule has 10 nitrogen and oxygen atoms in total. The van der Waals surface area contributed by atoms with Gasteiger partial charge in [0.2, 0.25) is 5.91 Å². The number of benzene rings is 4. The second kappa shape index (κ2) is 18.7. The van der Waals surface area contributed by atoms with Gasteiger partial charge in [-0.1, -0.05) is 50.8 Å². The maximum atomic E-state index is 13.7. The zero-order valence-electron chi connectivity index (χ0n) is 28.2. The van der Waals surface area contributed by atoms with E-state index >= 15 is 0 Å². The highest BCUT2D eigenvalue weighted by molar-refractivity contribution is 5.97. The standard InChI is InChI=1S/C39H41FN2O8/c1-3-4-5-6-7-22-49-32-19-13-30(14-20-32)39(47)50-33-17-8-27(9-18-33)25-42(26-37(44)45)38(46)29-11-15-31(16-12-29)41-36(43)24-28-10-21-34(40)35(23-28)48-2/h8-21,23H,3-7,22,24-26H2,1-2H3,(H,41,43)(H,44,45). The Balaban J connectivity index is 1.30. The number of esters is 1. The summed E-state index contributed by atoms with van der Waals surface area (Å²) in [7, 11) is 1.34.